The van der Waals surface area contributed by atoms with Crippen LogP contribution in [0.2, 0.25) is 0 Å². The summed E-state index contributed by atoms with van der Waals surface area (Å²) in [4.78, 5) is 13.3. The number of nitrogens with zero attached hydrogens (tertiary/aromatic N) is 1. The van der Waals surface area contributed by atoms with Crippen LogP contribution in [0, 0.1) is 17.8 Å². The molecule has 0 amide bonds. The minimum absolute atomic E-state index is 0.0495. The molecule has 1 heterocycles. The van der Waals surface area contributed by atoms with Gasteiger partial charge in [-0.2, -0.15) is 0 Å². The molecular formula is C11H19NO2. The summed E-state index contributed by atoms with van der Waals surface area (Å²) in [6.07, 6.45) is 4.37. The third-order valence-corrected chi connectivity index (χ3v) is 3.58. The van der Waals surface area contributed by atoms with E-state index in [1.165, 1.54) is 6.42 Å². The predicted octanol–water partition coefficient (Wildman–Crippen LogP) is 1.44. The number of aliphatic carboxylic acids is 1. The lowest BCUT2D eigenvalue weighted by molar-refractivity contribution is -0.143. The van der Waals surface area contributed by atoms with E-state index in [9.17, 15) is 4.79 Å². The third kappa shape index (κ3) is 2.27. The third-order valence-electron chi connectivity index (χ3n) is 3.58. The second-order valence-electron chi connectivity index (χ2n) is 4.93. The maximum Gasteiger partial charge on any atom is 0.306 e. The van der Waals surface area contributed by atoms with Crippen LogP contribution in [0.1, 0.15) is 25.7 Å². The van der Waals surface area contributed by atoms with E-state index in [4.69, 9.17) is 5.11 Å². The van der Waals surface area contributed by atoms with Gasteiger partial charge in [0.25, 0.3) is 0 Å². The SMILES string of the molecule is CN1CCC(CC(C(=O)O)C2CC2)C1. The number of carboxylic acids is 1. The average Bonchev–Trinajstić information content (AvgIpc) is 2.86. The molecule has 2 fully saturated rings. The van der Waals surface area contributed by atoms with Gasteiger partial charge in [-0.15, -0.1) is 0 Å². The van der Waals surface area contributed by atoms with E-state index in [0.717, 1.165) is 32.4 Å². The standard InChI is InChI=1S/C11H19NO2/c1-12-5-4-8(7-12)6-10(11(13)14)9-2-3-9/h8-10H,2-7H2,1H3,(H,13,14). The zero-order valence-electron chi connectivity index (χ0n) is 8.78. The molecular weight excluding hydrogens is 178 g/mol. The van der Waals surface area contributed by atoms with Crippen molar-refractivity contribution in [1.82, 2.24) is 4.90 Å². The maximum absolute atomic E-state index is 11.0. The van der Waals surface area contributed by atoms with Gasteiger partial charge in [0, 0.05) is 6.54 Å². The van der Waals surface area contributed by atoms with Gasteiger partial charge in [0.2, 0.25) is 0 Å². The Morgan fingerprint density at radius 1 is 1.50 bits per heavy atom. The van der Waals surface area contributed by atoms with Gasteiger partial charge >= 0.3 is 5.97 Å². The Balaban J connectivity index is 1.84. The summed E-state index contributed by atoms with van der Waals surface area (Å²) in [6.45, 7) is 2.23. The highest BCUT2D eigenvalue weighted by Crippen LogP contribution is 2.41. The summed E-state index contributed by atoms with van der Waals surface area (Å²) in [6, 6.07) is 0. The topological polar surface area (TPSA) is 40.5 Å². The average molecular weight is 197 g/mol. The smallest absolute Gasteiger partial charge is 0.306 e. The quantitative estimate of drug-likeness (QED) is 0.741. The van der Waals surface area contributed by atoms with E-state index in [2.05, 4.69) is 11.9 Å². The van der Waals surface area contributed by atoms with Gasteiger partial charge in [-0.3, -0.25) is 4.79 Å². The van der Waals surface area contributed by atoms with Crippen LogP contribution in [0.25, 0.3) is 0 Å². The highest BCUT2D eigenvalue weighted by molar-refractivity contribution is 5.70. The zero-order chi connectivity index (χ0) is 10.1. The first-order chi connectivity index (χ1) is 6.66. The minimum atomic E-state index is -0.568. The van der Waals surface area contributed by atoms with Crippen LogP contribution in [0.5, 0.6) is 0 Å². The number of hydrogen-bond donors (Lipinski definition) is 1. The highest BCUT2D eigenvalue weighted by atomic mass is 16.4. The van der Waals surface area contributed by atoms with Crippen molar-refractivity contribution in [3.63, 3.8) is 0 Å². The first-order valence-corrected chi connectivity index (χ1v) is 5.58. The van der Waals surface area contributed by atoms with E-state index < -0.39 is 5.97 Å². The van der Waals surface area contributed by atoms with E-state index >= 15 is 0 Å². The molecule has 2 rings (SSSR count). The molecule has 0 spiro atoms. The van der Waals surface area contributed by atoms with Gasteiger partial charge in [-0.1, -0.05) is 0 Å². The van der Waals surface area contributed by atoms with E-state index in [0.29, 0.717) is 11.8 Å². The maximum atomic E-state index is 11.0. The Hall–Kier alpha value is -0.570. The Labute approximate surface area is 85.1 Å². The van der Waals surface area contributed by atoms with Crippen LogP contribution < -0.4 is 0 Å². The van der Waals surface area contributed by atoms with Gasteiger partial charge in [0.05, 0.1) is 5.92 Å². The van der Waals surface area contributed by atoms with Gasteiger partial charge < -0.3 is 10.0 Å². The van der Waals surface area contributed by atoms with E-state index in [1.54, 1.807) is 0 Å². The number of hydrogen-bond acceptors (Lipinski definition) is 2. The largest absolute Gasteiger partial charge is 0.481 e. The molecule has 3 nitrogen and oxygen atoms in total. The molecule has 2 aliphatic rings. The van der Waals surface area contributed by atoms with Gasteiger partial charge in [-0.25, -0.2) is 0 Å². The molecule has 0 bridgehead atoms. The molecule has 1 saturated carbocycles. The number of likely N-dealkylation sites (tertiary alicyclic amines) is 1. The van der Waals surface area contributed by atoms with Crippen molar-refractivity contribution in [2.45, 2.75) is 25.7 Å². The Morgan fingerprint density at radius 2 is 2.21 bits per heavy atom. The Bertz CT molecular complexity index is 225. The van der Waals surface area contributed by atoms with E-state index in [1.807, 2.05) is 0 Å². The summed E-state index contributed by atoms with van der Waals surface area (Å²) in [5, 5.41) is 9.10. The summed E-state index contributed by atoms with van der Waals surface area (Å²) < 4.78 is 0. The fraction of sp³-hybridized carbons (Fsp3) is 0.909. The van der Waals surface area contributed by atoms with Gasteiger partial charge in [0.15, 0.2) is 0 Å². The number of carbonyl (C=O) groups is 1. The van der Waals surface area contributed by atoms with Gasteiger partial charge in [0.1, 0.15) is 0 Å². The van der Waals surface area contributed by atoms with Gasteiger partial charge in [-0.05, 0) is 51.1 Å². The molecule has 0 aromatic heterocycles. The molecule has 2 atom stereocenters. The fourth-order valence-corrected chi connectivity index (χ4v) is 2.57. The molecule has 1 saturated heterocycles. The second-order valence-corrected chi connectivity index (χ2v) is 4.93. The summed E-state index contributed by atoms with van der Waals surface area (Å²) in [5.41, 5.74) is 0. The van der Waals surface area contributed by atoms with Crippen molar-refractivity contribution >= 4 is 5.97 Å². The lowest BCUT2D eigenvalue weighted by Crippen LogP contribution is -2.21. The summed E-state index contributed by atoms with van der Waals surface area (Å²) >= 11 is 0. The lowest BCUT2D eigenvalue weighted by atomic mass is 9.90. The molecule has 0 radical (unpaired) electrons. The first kappa shape index (κ1) is 9.97. The summed E-state index contributed by atoms with van der Waals surface area (Å²) in [7, 11) is 2.12. The van der Waals surface area contributed by atoms with Crippen molar-refractivity contribution in [1.29, 1.82) is 0 Å². The van der Waals surface area contributed by atoms with Crippen LogP contribution in [0.3, 0.4) is 0 Å². The van der Waals surface area contributed by atoms with Crippen molar-refractivity contribution < 1.29 is 9.90 Å². The zero-order valence-corrected chi connectivity index (χ0v) is 8.78. The molecule has 1 aliphatic carbocycles. The molecule has 80 valence electrons. The van der Waals surface area contributed by atoms with Crippen molar-refractivity contribution in [3.8, 4) is 0 Å². The predicted molar refractivity (Wildman–Crippen MR) is 54.1 cm³/mol. The molecule has 1 aliphatic heterocycles. The molecule has 0 aromatic rings. The second kappa shape index (κ2) is 3.89. The van der Waals surface area contributed by atoms with Crippen LogP contribution in [-0.4, -0.2) is 36.1 Å². The van der Waals surface area contributed by atoms with Crippen molar-refractivity contribution in [3.05, 3.63) is 0 Å². The normalized spacial score (nSPS) is 30.5. The monoisotopic (exact) mass is 197 g/mol. The van der Waals surface area contributed by atoms with Crippen LogP contribution in [-0.2, 0) is 4.79 Å². The molecule has 14 heavy (non-hydrogen) atoms. The molecule has 3 heteroatoms. The van der Waals surface area contributed by atoms with Crippen LogP contribution >= 0.6 is 0 Å². The fourth-order valence-electron chi connectivity index (χ4n) is 2.57. The molecule has 1 N–H and O–H groups in total. The minimum Gasteiger partial charge on any atom is -0.481 e. The summed E-state index contributed by atoms with van der Waals surface area (Å²) in [5.74, 6) is 0.508. The van der Waals surface area contributed by atoms with Crippen molar-refractivity contribution in [2.75, 3.05) is 20.1 Å². The van der Waals surface area contributed by atoms with Crippen molar-refractivity contribution in [2.24, 2.45) is 17.8 Å². The molecule has 2 unspecified atom stereocenters. The Kier molecular flexibility index (Phi) is 2.77. The van der Waals surface area contributed by atoms with Crippen LogP contribution in [0.4, 0.5) is 0 Å². The number of carboxylic acid groups (broad SMARTS) is 1. The highest BCUT2D eigenvalue weighted by Gasteiger charge is 2.38. The Morgan fingerprint density at radius 3 is 2.64 bits per heavy atom. The number of rotatable bonds is 4. The lowest BCUT2D eigenvalue weighted by Gasteiger charge is -2.16. The first-order valence-electron chi connectivity index (χ1n) is 5.58. The van der Waals surface area contributed by atoms with E-state index in [-0.39, 0.29) is 5.92 Å². The molecule has 0 aromatic carbocycles. The van der Waals surface area contributed by atoms with Crippen LogP contribution in [0.15, 0.2) is 0 Å².